The van der Waals surface area contributed by atoms with E-state index in [2.05, 4.69) is 34.1 Å². The molecule has 1 fully saturated rings. The van der Waals surface area contributed by atoms with Crippen LogP contribution in [0.2, 0.25) is 0 Å². The van der Waals surface area contributed by atoms with Gasteiger partial charge in [0.1, 0.15) is 12.3 Å². The van der Waals surface area contributed by atoms with E-state index in [1.165, 1.54) is 11.3 Å². The lowest BCUT2D eigenvalue weighted by Crippen LogP contribution is -3.13. The summed E-state index contributed by atoms with van der Waals surface area (Å²) < 4.78 is 5.31. The summed E-state index contributed by atoms with van der Waals surface area (Å²) in [6.45, 7) is 5.56. The van der Waals surface area contributed by atoms with Gasteiger partial charge in [0.2, 0.25) is 0 Å². The zero-order valence-corrected chi connectivity index (χ0v) is 12.5. The fourth-order valence-corrected chi connectivity index (χ4v) is 2.86. The number of quaternary nitrogens is 1. The van der Waals surface area contributed by atoms with E-state index >= 15 is 0 Å². The molecule has 0 saturated carbocycles. The first-order chi connectivity index (χ1) is 10.3. The van der Waals surface area contributed by atoms with Crippen molar-refractivity contribution < 1.29 is 9.64 Å². The van der Waals surface area contributed by atoms with Crippen LogP contribution in [-0.2, 0) is 6.54 Å². The number of ether oxygens (including phenoxy) is 1. The van der Waals surface area contributed by atoms with Gasteiger partial charge in [0.15, 0.2) is 0 Å². The first-order valence-electron chi connectivity index (χ1n) is 7.46. The van der Waals surface area contributed by atoms with Crippen LogP contribution < -0.4 is 14.5 Å². The van der Waals surface area contributed by atoms with Gasteiger partial charge in [0.05, 0.1) is 33.3 Å². The molecule has 1 saturated heterocycles. The Kier molecular flexibility index (Phi) is 4.36. The Morgan fingerprint density at radius 3 is 2.76 bits per heavy atom. The molecule has 1 aliphatic heterocycles. The second-order valence-electron chi connectivity index (χ2n) is 5.48. The van der Waals surface area contributed by atoms with Crippen molar-refractivity contribution in [1.82, 2.24) is 4.98 Å². The van der Waals surface area contributed by atoms with Gasteiger partial charge in [-0.05, 0) is 18.2 Å². The molecule has 1 aromatic heterocycles. The number of methoxy groups -OCH3 is 1. The van der Waals surface area contributed by atoms with E-state index in [1.807, 2.05) is 24.5 Å². The fourth-order valence-electron chi connectivity index (χ4n) is 2.86. The average Bonchev–Trinajstić information content (AvgIpc) is 2.56. The van der Waals surface area contributed by atoms with Gasteiger partial charge < -0.3 is 14.5 Å². The molecule has 1 N–H and O–H groups in total. The first kappa shape index (κ1) is 13.9. The standard InChI is InChI=1S/C17H21N3O/c1-21-17-6-2-5-16(12-17)20-10-8-19(9-11-20)14-15-4-3-7-18-13-15/h2-7,12-13H,8-11,14H2,1H3/p+1. The van der Waals surface area contributed by atoms with Crippen LogP contribution in [0.4, 0.5) is 5.69 Å². The highest BCUT2D eigenvalue weighted by molar-refractivity contribution is 5.50. The van der Waals surface area contributed by atoms with Crippen molar-refractivity contribution >= 4 is 5.69 Å². The molecule has 2 aromatic rings. The van der Waals surface area contributed by atoms with Gasteiger partial charge in [-0.15, -0.1) is 0 Å². The van der Waals surface area contributed by atoms with Gasteiger partial charge in [-0.2, -0.15) is 0 Å². The number of pyridine rings is 1. The van der Waals surface area contributed by atoms with Crippen LogP contribution >= 0.6 is 0 Å². The lowest BCUT2D eigenvalue weighted by molar-refractivity contribution is -0.914. The maximum atomic E-state index is 5.31. The molecule has 110 valence electrons. The van der Waals surface area contributed by atoms with Crippen molar-refractivity contribution in [2.75, 3.05) is 38.2 Å². The third kappa shape index (κ3) is 3.52. The van der Waals surface area contributed by atoms with Crippen molar-refractivity contribution in [2.45, 2.75) is 6.54 Å². The van der Waals surface area contributed by atoms with Gasteiger partial charge in [-0.3, -0.25) is 4.98 Å². The largest absolute Gasteiger partial charge is 0.497 e. The smallest absolute Gasteiger partial charge is 0.120 e. The second-order valence-corrected chi connectivity index (χ2v) is 5.48. The number of benzene rings is 1. The molecule has 0 radical (unpaired) electrons. The molecule has 1 aromatic carbocycles. The lowest BCUT2D eigenvalue weighted by Gasteiger charge is -2.33. The summed E-state index contributed by atoms with van der Waals surface area (Å²) in [6, 6.07) is 12.5. The maximum absolute atomic E-state index is 5.31. The summed E-state index contributed by atoms with van der Waals surface area (Å²) in [5, 5.41) is 0. The summed E-state index contributed by atoms with van der Waals surface area (Å²) in [5.74, 6) is 0.928. The van der Waals surface area contributed by atoms with Crippen LogP contribution in [0.15, 0.2) is 48.8 Å². The average molecular weight is 284 g/mol. The quantitative estimate of drug-likeness (QED) is 0.908. The molecule has 2 heterocycles. The maximum Gasteiger partial charge on any atom is 0.120 e. The van der Waals surface area contributed by atoms with Gasteiger partial charge in [0, 0.05) is 29.7 Å². The Labute approximate surface area is 126 Å². The highest BCUT2D eigenvalue weighted by atomic mass is 16.5. The molecule has 3 rings (SSSR count). The molecule has 0 atom stereocenters. The van der Waals surface area contributed by atoms with Gasteiger partial charge >= 0.3 is 0 Å². The molecule has 0 spiro atoms. The molecule has 21 heavy (non-hydrogen) atoms. The monoisotopic (exact) mass is 284 g/mol. The number of aromatic nitrogens is 1. The van der Waals surface area contributed by atoms with Crippen LogP contribution in [0, 0.1) is 0 Å². The van der Waals surface area contributed by atoms with E-state index in [1.54, 1.807) is 12.0 Å². The minimum atomic E-state index is 0.928. The number of hydrogen-bond donors (Lipinski definition) is 1. The highest BCUT2D eigenvalue weighted by Crippen LogP contribution is 2.20. The summed E-state index contributed by atoms with van der Waals surface area (Å²) in [7, 11) is 1.72. The van der Waals surface area contributed by atoms with Crippen molar-refractivity contribution in [3.63, 3.8) is 0 Å². The van der Waals surface area contributed by atoms with E-state index in [9.17, 15) is 0 Å². The van der Waals surface area contributed by atoms with Crippen molar-refractivity contribution in [1.29, 1.82) is 0 Å². The van der Waals surface area contributed by atoms with Crippen LogP contribution in [0.5, 0.6) is 5.75 Å². The van der Waals surface area contributed by atoms with Crippen LogP contribution in [-0.4, -0.2) is 38.3 Å². The molecule has 4 heteroatoms. The van der Waals surface area contributed by atoms with Crippen LogP contribution in [0.3, 0.4) is 0 Å². The fraction of sp³-hybridized carbons (Fsp3) is 0.353. The minimum absolute atomic E-state index is 0.928. The van der Waals surface area contributed by atoms with E-state index in [-0.39, 0.29) is 0 Å². The predicted molar refractivity (Wildman–Crippen MR) is 83.8 cm³/mol. The minimum Gasteiger partial charge on any atom is -0.497 e. The predicted octanol–water partition coefficient (Wildman–Crippen LogP) is 0.995. The van der Waals surface area contributed by atoms with E-state index in [4.69, 9.17) is 4.74 Å². The first-order valence-corrected chi connectivity index (χ1v) is 7.46. The third-order valence-electron chi connectivity index (χ3n) is 4.07. The normalized spacial score (nSPS) is 16.0. The zero-order valence-electron chi connectivity index (χ0n) is 12.5. The van der Waals surface area contributed by atoms with Gasteiger partial charge in [-0.1, -0.05) is 12.1 Å². The zero-order chi connectivity index (χ0) is 14.5. The molecular formula is C17H22N3O+. The number of rotatable bonds is 4. The second kappa shape index (κ2) is 6.59. The number of nitrogens with one attached hydrogen (secondary N) is 1. The highest BCUT2D eigenvalue weighted by Gasteiger charge is 2.20. The molecule has 0 bridgehead atoms. The van der Waals surface area contributed by atoms with Crippen molar-refractivity contribution in [3.05, 3.63) is 54.4 Å². The molecular weight excluding hydrogens is 262 g/mol. The van der Waals surface area contributed by atoms with Crippen molar-refractivity contribution in [2.24, 2.45) is 0 Å². The molecule has 0 unspecified atom stereocenters. The summed E-state index contributed by atoms with van der Waals surface area (Å²) in [4.78, 5) is 8.26. The Morgan fingerprint density at radius 2 is 2.05 bits per heavy atom. The van der Waals surface area contributed by atoms with Gasteiger partial charge in [-0.25, -0.2) is 0 Å². The Bertz CT molecular complexity index is 565. The third-order valence-corrected chi connectivity index (χ3v) is 4.07. The summed E-state index contributed by atoms with van der Waals surface area (Å²) in [5.41, 5.74) is 2.58. The van der Waals surface area contributed by atoms with E-state index in [0.29, 0.717) is 0 Å². The Morgan fingerprint density at radius 1 is 1.19 bits per heavy atom. The summed E-state index contributed by atoms with van der Waals surface area (Å²) >= 11 is 0. The van der Waals surface area contributed by atoms with E-state index < -0.39 is 0 Å². The number of nitrogens with zero attached hydrogens (tertiary/aromatic N) is 2. The number of anilines is 1. The van der Waals surface area contributed by atoms with E-state index in [0.717, 1.165) is 38.5 Å². The molecule has 1 aliphatic rings. The topological polar surface area (TPSA) is 29.8 Å². The number of hydrogen-bond acceptors (Lipinski definition) is 3. The number of piperazine rings is 1. The molecule has 4 nitrogen and oxygen atoms in total. The Hall–Kier alpha value is -2.07. The molecule has 0 aliphatic carbocycles. The van der Waals surface area contributed by atoms with Gasteiger partial charge in [0.25, 0.3) is 0 Å². The van der Waals surface area contributed by atoms with Crippen LogP contribution in [0.25, 0.3) is 0 Å². The van der Waals surface area contributed by atoms with Crippen molar-refractivity contribution in [3.8, 4) is 5.75 Å². The SMILES string of the molecule is COc1cccc(N2CC[NH+](Cc3cccnc3)CC2)c1. The van der Waals surface area contributed by atoms with Crippen LogP contribution in [0.1, 0.15) is 5.56 Å². The lowest BCUT2D eigenvalue weighted by atomic mass is 10.2. The Balaban J connectivity index is 1.57. The summed E-state index contributed by atoms with van der Waals surface area (Å²) in [6.07, 6.45) is 3.81. The molecule has 0 amide bonds.